The summed E-state index contributed by atoms with van der Waals surface area (Å²) in [7, 11) is 1.85. The highest BCUT2D eigenvalue weighted by Crippen LogP contribution is 2.23. The van der Waals surface area contributed by atoms with Gasteiger partial charge in [0.1, 0.15) is 0 Å². The van der Waals surface area contributed by atoms with Gasteiger partial charge in [0.2, 0.25) is 0 Å². The summed E-state index contributed by atoms with van der Waals surface area (Å²) in [6.07, 6.45) is 8.00. The zero-order valence-electron chi connectivity index (χ0n) is 16.5. The molecule has 1 aliphatic carbocycles. The van der Waals surface area contributed by atoms with Gasteiger partial charge in [-0.15, -0.1) is 0 Å². The molecule has 1 aromatic rings. The van der Waals surface area contributed by atoms with Crippen LogP contribution < -0.4 is 10.6 Å². The molecule has 0 saturated carbocycles. The molecule has 2 aliphatic rings. The van der Waals surface area contributed by atoms with Crippen molar-refractivity contribution in [3.63, 3.8) is 0 Å². The third-order valence-corrected chi connectivity index (χ3v) is 5.48. The Bertz CT molecular complexity index is 619. The van der Waals surface area contributed by atoms with Crippen molar-refractivity contribution in [3.05, 3.63) is 47.5 Å². The minimum absolute atomic E-state index is 0.479. The molecule has 0 radical (unpaired) electrons. The highest BCUT2D eigenvalue weighted by molar-refractivity contribution is 5.80. The van der Waals surface area contributed by atoms with E-state index in [9.17, 15) is 0 Å². The minimum Gasteiger partial charge on any atom is -0.353 e. The van der Waals surface area contributed by atoms with Gasteiger partial charge in [-0.1, -0.05) is 50.3 Å². The molecule has 1 heterocycles. The number of guanidine groups is 1. The second-order valence-corrected chi connectivity index (χ2v) is 8.12. The number of piperidine rings is 1. The first-order valence-electron chi connectivity index (χ1n) is 10.1. The van der Waals surface area contributed by atoms with Gasteiger partial charge >= 0.3 is 0 Å². The van der Waals surface area contributed by atoms with Crippen LogP contribution in [-0.2, 0) is 13.1 Å². The van der Waals surface area contributed by atoms with E-state index in [0.717, 1.165) is 43.7 Å². The first kappa shape index (κ1) is 19.0. The molecule has 1 aliphatic heterocycles. The third kappa shape index (κ3) is 5.34. The third-order valence-electron chi connectivity index (χ3n) is 5.48. The second-order valence-electron chi connectivity index (χ2n) is 8.12. The van der Waals surface area contributed by atoms with Gasteiger partial charge in [0, 0.05) is 39.3 Å². The molecule has 0 spiro atoms. The van der Waals surface area contributed by atoms with Crippen LogP contribution in [0.5, 0.6) is 0 Å². The van der Waals surface area contributed by atoms with E-state index < -0.39 is 0 Å². The van der Waals surface area contributed by atoms with Crippen LogP contribution in [0.2, 0.25) is 0 Å². The van der Waals surface area contributed by atoms with Crippen molar-refractivity contribution in [3.8, 4) is 0 Å². The molecule has 0 aromatic heterocycles. The molecule has 1 aromatic carbocycles. The summed E-state index contributed by atoms with van der Waals surface area (Å²) in [6, 6.07) is 9.29. The van der Waals surface area contributed by atoms with Crippen LogP contribution in [0.4, 0.5) is 0 Å². The molecule has 1 fully saturated rings. The van der Waals surface area contributed by atoms with Gasteiger partial charge in [0.15, 0.2) is 5.96 Å². The first-order chi connectivity index (χ1) is 12.6. The van der Waals surface area contributed by atoms with Crippen LogP contribution in [0.25, 0.3) is 0 Å². The molecule has 2 atom stereocenters. The number of aliphatic imine (C=N–C) groups is 1. The summed E-state index contributed by atoms with van der Waals surface area (Å²) < 4.78 is 0. The number of nitrogens with zero attached hydrogens (tertiary/aromatic N) is 2. The smallest absolute Gasteiger partial charge is 0.191 e. The predicted octanol–water partition coefficient (Wildman–Crippen LogP) is 3.55. The lowest BCUT2D eigenvalue weighted by molar-refractivity contribution is 0.134. The lowest BCUT2D eigenvalue weighted by Gasteiger charge is -2.35. The highest BCUT2D eigenvalue weighted by Gasteiger charge is 2.22. The van der Waals surface area contributed by atoms with Gasteiger partial charge in [0.05, 0.1) is 0 Å². The number of benzene rings is 1. The van der Waals surface area contributed by atoms with Crippen LogP contribution in [0.15, 0.2) is 41.4 Å². The standard InChI is InChI=1S/C22H34N4/c1-17-12-18(2)15-26(14-17)16-20-9-5-4-8-19(20)13-24-22(23-3)25-21-10-6-7-11-21/h4-9,17-18,21H,10-16H2,1-3H3,(H2,23,24,25). The zero-order valence-corrected chi connectivity index (χ0v) is 16.5. The van der Waals surface area contributed by atoms with Gasteiger partial charge in [-0.25, -0.2) is 0 Å². The molecular formula is C22H34N4. The first-order valence-corrected chi connectivity index (χ1v) is 10.1. The molecule has 142 valence electrons. The van der Waals surface area contributed by atoms with Crippen LogP contribution in [0.3, 0.4) is 0 Å². The van der Waals surface area contributed by atoms with Crippen molar-refractivity contribution in [2.75, 3.05) is 20.1 Å². The van der Waals surface area contributed by atoms with E-state index in [1.165, 1.54) is 30.6 Å². The van der Waals surface area contributed by atoms with Gasteiger partial charge in [0.25, 0.3) is 0 Å². The normalized spacial score (nSPS) is 24.8. The summed E-state index contributed by atoms with van der Waals surface area (Å²) in [5.41, 5.74) is 2.80. The van der Waals surface area contributed by atoms with E-state index in [-0.39, 0.29) is 0 Å². The fourth-order valence-electron chi connectivity index (χ4n) is 4.35. The summed E-state index contributed by atoms with van der Waals surface area (Å²) >= 11 is 0. The fraction of sp³-hybridized carbons (Fsp3) is 0.591. The molecule has 4 nitrogen and oxygen atoms in total. The fourth-order valence-corrected chi connectivity index (χ4v) is 4.35. The highest BCUT2D eigenvalue weighted by atomic mass is 15.2. The summed E-state index contributed by atoms with van der Waals surface area (Å²) in [5.74, 6) is 2.49. The summed E-state index contributed by atoms with van der Waals surface area (Å²) in [6.45, 7) is 9.04. The largest absolute Gasteiger partial charge is 0.353 e. The molecular weight excluding hydrogens is 320 g/mol. The lowest BCUT2D eigenvalue weighted by atomic mass is 9.91. The van der Waals surface area contributed by atoms with Crippen LogP contribution >= 0.6 is 0 Å². The second kappa shape index (κ2) is 9.22. The molecule has 3 rings (SSSR count). The predicted molar refractivity (Wildman–Crippen MR) is 110 cm³/mol. The van der Waals surface area contributed by atoms with Crippen molar-refractivity contribution >= 4 is 5.96 Å². The Hall–Kier alpha value is -1.81. The number of hydrogen-bond acceptors (Lipinski definition) is 2. The van der Waals surface area contributed by atoms with Gasteiger partial charge in [-0.05, 0) is 42.2 Å². The lowest BCUT2D eigenvalue weighted by Crippen LogP contribution is -2.42. The molecule has 2 unspecified atom stereocenters. The molecule has 0 amide bonds. The SMILES string of the molecule is CN=C(NCc1ccccc1CN1CC(C)CC(C)C1)NC1CC=CC1. The van der Waals surface area contributed by atoms with E-state index in [1.807, 2.05) is 7.05 Å². The summed E-state index contributed by atoms with van der Waals surface area (Å²) in [4.78, 5) is 7.01. The molecule has 26 heavy (non-hydrogen) atoms. The molecule has 0 bridgehead atoms. The number of nitrogens with one attached hydrogen (secondary N) is 2. The Labute approximate surface area is 158 Å². The molecule has 4 heteroatoms. The Morgan fingerprint density at radius 2 is 1.73 bits per heavy atom. The maximum Gasteiger partial charge on any atom is 0.191 e. The Morgan fingerprint density at radius 3 is 2.38 bits per heavy atom. The Morgan fingerprint density at radius 1 is 1.08 bits per heavy atom. The van der Waals surface area contributed by atoms with Crippen molar-refractivity contribution in [1.82, 2.24) is 15.5 Å². The van der Waals surface area contributed by atoms with Crippen molar-refractivity contribution in [1.29, 1.82) is 0 Å². The van der Waals surface area contributed by atoms with E-state index in [4.69, 9.17) is 0 Å². The van der Waals surface area contributed by atoms with E-state index in [2.05, 4.69) is 70.8 Å². The Kier molecular flexibility index (Phi) is 6.73. The van der Waals surface area contributed by atoms with Crippen LogP contribution in [-0.4, -0.2) is 37.0 Å². The van der Waals surface area contributed by atoms with Crippen molar-refractivity contribution in [2.45, 2.75) is 52.2 Å². The zero-order chi connectivity index (χ0) is 18.4. The molecule has 2 N–H and O–H groups in total. The quantitative estimate of drug-likeness (QED) is 0.483. The number of rotatable bonds is 5. The molecule has 1 saturated heterocycles. The monoisotopic (exact) mass is 354 g/mol. The van der Waals surface area contributed by atoms with E-state index >= 15 is 0 Å². The average molecular weight is 355 g/mol. The maximum atomic E-state index is 4.39. The van der Waals surface area contributed by atoms with Gasteiger partial charge in [-0.3, -0.25) is 9.89 Å². The van der Waals surface area contributed by atoms with Gasteiger partial charge < -0.3 is 10.6 Å². The van der Waals surface area contributed by atoms with Crippen LogP contribution in [0, 0.1) is 11.8 Å². The maximum absolute atomic E-state index is 4.39. The topological polar surface area (TPSA) is 39.7 Å². The Balaban J connectivity index is 1.58. The van der Waals surface area contributed by atoms with Crippen molar-refractivity contribution in [2.24, 2.45) is 16.8 Å². The minimum atomic E-state index is 0.479. The number of hydrogen-bond donors (Lipinski definition) is 2. The summed E-state index contributed by atoms with van der Waals surface area (Å²) in [5, 5.41) is 7.01. The van der Waals surface area contributed by atoms with Crippen molar-refractivity contribution < 1.29 is 0 Å². The van der Waals surface area contributed by atoms with E-state index in [0.29, 0.717) is 6.04 Å². The number of likely N-dealkylation sites (tertiary alicyclic amines) is 1. The van der Waals surface area contributed by atoms with Crippen LogP contribution in [0.1, 0.15) is 44.2 Å². The van der Waals surface area contributed by atoms with Gasteiger partial charge in [-0.2, -0.15) is 0 Å². The average Bonchev–Trinajstić information content (AvgIpc) is 3.12. The van der Waals surface area contributed by atoms with E-state index in [1.54, 1.807) is 0 Å².